The number of thiophene rings is 1. The summed E-state index contributed by atoms with van der Waals surface area (Å²) in [4.78, 5) is 21.6. The largest absolute Gasteiger partial charge is 0.462 e. The zero-order valence-corrected chi connectivity index (χ0v) is 15.2. The number of esters is 1. The summed E-state index contributed by atoms with van der Waals surface area (Å²) in [5.74, 6) is 0.0400. The van der Waals surface area contributed by atoms with Crippen molar-refractivity contribution < 1.29 is 9.53 Å². The van der Waals surface area contributed by atoms with Crippen LogP contribution in [0.15, 0.2) is 47.1 Å². The van der Waals surface area contributed by atoms with E-state index in [2.05, 4.69) is 27.5 Å². The molecule has 0 amide bonds. The fourth-order valence-corrected chi connectivity index (χ4v) is 4.03. The molecule has 0 N–H and O–H groups in total. The smallest absolute Gasteiger partial charge is 0.316 e. The molecule has 0 fully saturated rings. The second kappa shape index (κ2) is 7.77. The molecule has 24 heavy (non-hydrogen) atoms. The lowest BCUT2D eigenvalue weighted by molar-refractivity contribution is -0.144. The summed E-state index contributed by atoms with van der Waals surface area (Å²) in [6, 6.07) is 10.2. The normalized spacial score (nSPS) is 12.2. The van der Waals surface area contributed by atoms with Gasteiger partial charge in [-0.25, -0.2) is 9.97 Å². The standard InChI is InChI=1S/C18H18N2O2S2/c1-3-12(2)22-15(21)10-24-18-16-14(13-7-5-4-6-8-13)9-23-17(16)19-11-20-18/h4-9,11-12H,3,10H2,1-2H3/t12-/m0/s1. The molecule has 1 atom stereocenters. The predicted octanol–water partition coefficient (Wildman–Crippen LogP) is 4.79. The Balaban J connectivity index is 1.86. The third kappa shape index (κ3) is 3.76. The van der Waals surface area contributed by atoms with Gasteiger partial charge in [0.2, 0.25) is 0 Å². The quantitative estimate of drug-likeness (QED) is 0.360. The first kappa shape index (κ1) is 16.9. The SMILES string of the molecule is CC[C@H](C)OC(=O)CSc1ncnc2scc(-c3ccccc3)c12. The third-order valence-corrected chi connectivity index (χ3v) is 5.50. The van der Waals surface area contributed by atoms with Crippen LogP contribution in [0.1, 0.15) is 20.3 Å². The van der Waals surface area contributed by atoms with Crippen LogP contribution >= 0.6 is 23.1 Å². The average Bonchev–Trinajstić information content (AvgIpc) is 3.05. The van der Waals surface area contributed by atoms with Crippen molar-refractivity contribution in [3.05, 3.63) is 42.0 Å². The number of ether oxygens (including phenoxy) is 1. The molecule has 0 saturated heterocycles. The van der Waals surface area contributed by atoms with Gasteiger partial charge in [-0.3, -0.25) is 4.79 Å². The number of hydrogen-bond acceptors (Lipinski definition) is 6. The molecule has 0 saturated carbocycles. The van der Waals surface area contributed by atoms with Crippen LogP contribution in [0, 0.1) is 0 Å². The molecule has 0 aliphatic heterocycles. The van der Waals surface area contributed by atoms with Gasteiger partial charge in [0.15, 0.2) is 0 Å². The first-order chi connectivity index (χ1) is 11.7. The number of nitrogens with zero attached hydrogens (tertiary/aromatic N) is 2. The molecule has 2 heterocycles. The summed E-state index contributed by atoms with van der Waals surface area (Å²) < 4.78 is 5.33. The van der Waals surface area contributed by atoms with Gasteiger partial charge < -0.3 is 4.74 Å². The third-order valence-electron chi connectivity index (χ3n) is 3.65. The van der Waals surface area contributed by atoms with Gasteiger partial charge in [-0.2, -0.15) is 0 Å². The van der Waals surface area contributed by atoms with Crippen molar-refractivity contribution in [2.75, 3.05) is 5.75 Å². The number of benzene rings is 1. The van der Waals surface area contributed by atoms with Crippen LogP contribution < -0.4 is 0 Å². The fraction of sp³-hybridized carbons (Fsp3) is 0.278. The van der Waals surface area contributed by atoms with E-state index in [9.17, 15) is 4.79 Å². The van der Waals surface area contributed by atoms with Crippen LogP contribution in [0.5, 0.6) is 0 Å². The van der Waals surface area contributed by atoms with Gasteiger partial charge >= 0.3 is 5.97 Å². The number of thioether (sulfide) groups is 1. The molecule has 3 rings (SSSR count). The Labute approximate surface area is 149 Å². The highest BCUT2D eigenvalue weighted by atomic mass is 32.2. The van der Waals surface area contributed by atoms with Crippen molar-refractivity contribution in [2.24, 2.45) is 0 Å². The molecule has 124 valence electrons. The topological polar surface area (TPSA) is 52.1 Å². The van der Waals surface area contributed by atoms with E-state index in [1.165, 1.54) is 11.8 Å². The van der Waals surface area contributed by atoms with Gasteiger partial charge in [0.1, 0.15) is 16.2 Å². The van der Waals surface area contributed by atoms with Crippen molar-refractivity contribution >= 4 is 39.3 Å². The number of rotatable bonds is 6. The summed E-state index contributed by atoms with van der Waals surface area (Å²) in [7, 11) is 0. The minimum Gasteiger partial charge on any atom is -0.462 e. The lowest BCUT2D eigenvalue weighted by Gasteiger charge is -2.10. The molecule has 0 radical (unpaired) electrons. The zero-order valence-electron chi connectivity index (χ0n) is 13.6. The van der Waals surface area contributed by atoms with Gasteiger partial charge in [0, 0.05) is 10.9 Å². The van der Waals surface area contributed by atoms with E-state index >= 15 is 0 Å². The van der Waals surface area contributed by atoms with E-state index in [-0.39, 0.29) is 17.8 Å². The van der Waals surface area contributed by atoms with Gasteiger partial charge in [-0.05, 0) is 18.9 Å². The summed E-state index contributed by atoms with van der Waals surface area (Å²) >= 11 is 3.00. The molecule has 0 aliphatic rings. The maximum atomic E-state index is 11.9. The van der Waals surface area contributed by atoms with Gasteiger partial charge in [-0.1, -0.05) is 49.0 Å². The average molecular weight is 358 g/mol. The van der Waals surface area contributed by atoms with Crippen LogP contribution in [0.3, 0.4) is 0 Å². The Morgan fingerprint density at radius 1 is 1.29 bits per heavy atom. The Bertz CT molecular complexity index is 833. The van der Waals surface area contributed by atoms with E-state index < -0.39 is 0 Å². The molecular formula is C18H18N2O2S2. The number of carbonyl (C=O) groups excluding carboxylic acids is 1. The van der Waals surface area contributed by atoms with E-state index in [0.29, 0.717) is 0 Å². The first-order valence-corrected chi connectivity index (χ1v) is 9.65. The maximum absolute atomic E-state index is 11.9. The Morgan fingerprint density at radius 3 is 2.83 bits per heavy atom. The lowest BCUT2D eigenvalue weighted by atomic mass is 10.1. The van der Waals surface area contributed by atoms with Crippen molar-refractivity contribution in [2.45, 2.75) is 31.4 Å². The minimum absolute atomic E-state index is 0.0513. The maximum Gasteiger partial charge on any atom is 0.316 e. The molecule has 4 nitrogen and oxygen atoms in total. The van der Waals surface area contributed by atoms with Crippen molar-refractivity contribution in [3.8, 4) is 11.1 Å². The molecule has 0 unspecified atom stereocenters. The molecule has 2 aromatic heterocycles. The van der Waals surface area contributed by atoms with Gasteiger partial charge in [0.25, 0.3) is 0 Å². The van der Waals surface area contributed by atoms with E-state index in [0.717, 1.165) is 32.8 Å². The highest BCUT2D eigenvalue weighted by Gasteiger charge is 2.15. The highest BCUT2D eigenvalue weighted by molar-refractivity contribution is 8.00. The second-order valence-corrected chi connectivity index (χ2v) is 7.19. The molecule has 6 heteroatoms. The summed E-state index contributed by atoms with van der Waals surface area (Å²) in [6.45, 7) is 3.90. The summed E-state index contributed by atoms with van der Waals surface area (Å²) in [5.41, 5.74) is 2.23. The van der Waals surface area contributed by atoms with Gasteiger partial charge in [0.05, 0.1) is 17.2 Å². The van der Waals surface area contributed by atoms with E-state index in [1.54, 1.807) is 17.7 Å². The van der Waals surface area contributed by atoms with Crippen molar-refractivity contribution in [1.29, 1.82) is 0 Å². The number of carbonyl (C=O) groups is 1. The predicted molar refractivity (Wildman–Crippen MR) is 99.4 cm³/mol. The fourth-order valence-electron chi connectivity index (χ4n) is 2.26. The molecular weight excluding hydrogens is 340 g/mol. The second-order valence-electron chi connectivity index (χ2n) is 5.37. The van der Waals surface area contributed by atoms with E-state index in [1.807, 2.05) is 32.0 Å². The Morgan fingerprint density at radius 2 is 2.08 bits per heavy atom. The van der Waals surface area contributed by atoms with Crippen molar-refractivity contribution in [1.82, 2.24) is 9.97 Å². The van der Waals surface area contributed by atoms with E-state index in [4.69, 9.17) is 4.74 Å². The van der Waals surface area contributed by atoms with Crippen LogP contribution in [0.4, 0.5) is 0 Å². The first-order valence-electron chi connectivity index (χ1n) is 7.79. The Kier molecular flexibility index (Phi) is 5.48. The van der Waals surface area contributed by atoms with Crippen LogP contribution in [-0.2, 0) is 9.53 Å². The van der Waals surface area contributed by atoms with Crippen LogP contribution in [0.25, 0.3) is 21.3 Å². The lowest BCUT2D eigenvalue weighted by Crippen LogP contribution is -2.15. The Hall–Kier alpha value is -1.92. The summed E-state index contributed by atoms with van der Waals surface area (Å²) in [6.07, 6.45) is 2.32. The minimum atomic E-state index is -0.211. The number of hydrogen-bond donors (Lipinski definition) is 0. The molecule has 0 aliphatic carbocycles. The highest BCUT2D eigenvalue weighted by Crippen LogP contribution is 2.37. The molecule has 3 aromatic rings. The number of aromatic nitrogens is 2. The van der Waals surface area contributed by atoms with Gasteiger partial charge in [-0.15, -0.1) is 11.3 Å². The molecule has 0 bridgehead atoms. The number of fused-ring (bicyclic) bond motifs is 1. The molecule has 0 spiro atoms. The molecule has 1 aromatic carbocycles. The zero-order chi connectivity index (χ0) is 16.9. The van der Waals surface area contributed by atoms with Crippen LogP contribution in [0.2, 0.25) is 0 Å². The van der Waals surface area contributed by atoms with Crippen LogP contribution in [-0.4, -0.2) is 27.8 Å². The monoisotopic (exact) mass is 358 g/mol. The van der Waals surface area contributed by atoms with Crippen molar-refractivity contribution in [3.63, 3.8) is 0 Å². The summed E-state index contributed by atoms with van der Waals surface area (Å²) in [5, 5.41) is 3.92.